The Balaban J connectivity index is 1.92. The third-order valence-electron chi connectivity index (χ3n) is 1.81. The van der Waals surface area contributed by atoms with Crippen LogP contribution in [0.2, 0.25) is 0 Å². The van der Waals surface area contributed by atoms with Crippen LogP contribution < -0.4 is 5.32 Å². The molecule has 1 aromatic heterocycles. The van der Waals surface area contributed by atoms with Crippen molar-refractivity contribution in [2.45, 2.75) is 16.2 Å². The molecule has 0 saturated carbocycles. The van der Waals surface area contributed by atoms with Crippen molar-refractivity contribution in [1.29, 1.82) is 0 Å². The summed E-state index contributed by atoms with van der Waals surface area (Å²) in [5.74, 6) is -0.0734. The standard InChI is InChI=1S/C11H9BrN2OS3/c1-7(15)14-10-6-13-11(16-10)18-17-9-4-2-8(12)3-5-9/h2-6H,1H3,(H,14,15). The number of hydrogen-bond acceptors (Lipinski definition) is 5. The van der Waals surface area contributed by atoms with Crippen LogP contribution in [0.15, 0.2) is 44.2 Å². The molecule has 2 rings (SSSR count). The van der Waals surface area contributed by atoms with Gasteiger partial charge in [-0.25, -0.2) is 4.98 Å². The first-order valence-corrected chi connectivity index (χ1v) is 8.73. The minimum atomic E-state index is -0.0734. The molecular formula is C11H9BrN2OS3. The molecule has 7 heteroatoms. The van der Waals surface area contributed by atoms with E-state index in [0.717, 1.165) is 13.8 Å². The number of amides is 1. The van der Waals surface area contributed by atoms with E-state index in [4.69, 9.17) is 0 Å². The monoisotopic (exact) mass is 360 g/mol. The van der Waals surface area contributed by atoms with Gasteiger partial charge < -0.3 is 5.32 Å². The van der Waals surface area contributed by atoms with E-state index in [1.165, 1.54) is 23.2 Å². The van der Waals surface area contributed by atoms with Crippen LogP contribution in [0, 0.1) is 0 Å². The Labute approximate surface area is 125 Å². The van der Waals surface area contributed by atoms with Gasteiger partial charge in [0.05, 0.1) is 6.20 Å². The van der Waals surface area contributed by atoms with Crippen molar-refractivity contribution < 1.29 is 4.79 Å². The first-order valence-electron chi connectivity index (χ1n) is 4.97. The largest absolute Gasteiger partial charge is 0.317 e. The minimum absolute atomic E-state index is 0.0734. The molecule has 94 valence electrons. The fourth-order valence-electron chi connectivity index (χ4n) is 1.10. The Hall–Kier alpha value is -0.500. The van der Waals surface area contributed by atoms with Crippen LogP contribution in [0.1, 0.15) is 6.92 Å². The number of aromatic nitrogens is 1. The maximum absolute atomic E-state index is 10.9. The zero-order valence-corrected chi connectivity index (χ0v) is 13.4. The molecular weight excluding hydrogens is 352 g/mol. The molecule has 0 aliphatic rings. The van der Waals surface area contributed by atoms with Gasteiger partial charge in [-0.2, -0.15) is 0 Å². The molecule has 1 N–H and O–H groups in total. The van der Waals surface area contributed by atoms with Crippen molar-refractivity contribution in [3.05, 3.63) is 34.9 Å². The van der Waals surface area contributed by atoms with Gasteiger partial charge in [-0.3, -0.25) is 4.79 Å². The van der Waals surface area contributed by atoms with Crippen molar-refractivity contribution in [3.63, 3.8) is 0 Å². The van der Waals surface area contributed by atoms with E-state index in [9.17, 15) is 4.79 Å². The Morgan fingerprint density at radius 3 is 2.72 bits per heavy atom. The number of halogens is 1. The maximum Gasteiger partial charge on any atom is 0.221 e. The normalized spacial score (nSPS) is 10.3. The summed E-state index contributed by atoms with van der Waals surface area (Å²) in [4.78, 5) is 16.3. The molecule has 0 atom stereocenters. The van der Waals surface area contributed by atoms with Gasteiger partial charge >= 0.3 is 0 Å². The maximum atomic E-state index is 10.9. The fraction of sp³-hybridized carbons (Fsp3) is 0.0909. The summed E-state index contributed by atoms with van der Waals surface area (Å²) >= 11 is 4.87. The van der Waals surface area contributed by atoms with E-state index in [2.05, 4.69) is 26.2 Å². The fourth-order valence-corrected chi connectivity index (χ4v) is 4.45. The Kier molecular flexibility index (Phi) is 5.11. The van der Waals surface area contributed by atoms with Crippen LogP contribution in [0.25, 0.3) is 0 Å². The molecule has 0 unspecified atom stereocenters. The molecule has 1 heterocycles. The first kappa shape index (κ1) is 13.9. The molecule has 3 nitrogen and oxygen atoms in total. The minimum Gasteiger partial charge on any atom is -0.317 e. The van der Waals surface area contributed by atoms with Crippen LogP contribution in [-0.4, -0.2) is 10.9 Å². The molecule has 0 spiro atoms. The number of benzene rings is 1. The quantitative estimate of drug-likeness (QED) is 0.804. The lowest BCUT2D eigenvalue weighted by Gasteiger charge is -1.98. The molecule has 2 aromatic rings. The third kappa shape index (κ3) is 4.31. The van der Waals surface area contributed by atoms with Crippen LogP contribution in [0.3, 0.4) is 0 Å². The summed E-state index contributed by atoms with van der Waals surface area (Å²) < 4.78 is 1.99. The average Bonchev–Trinajstić information content (AvgIpc) is 2.75. The SMILES string of the molecule is CC(=O)Nc1cnc(SSc2ccc(Br)cc2)s1. The van der Waals surface area contributed by atoms with E-state index in [1.807, 2.05) is 24.3 Å². The molecule has 18 heavy (non-hydrogen) atoms. The highest BCUT2D eigenvalue weighted by molar-refractivity contribution is 9.10. The predicted octanol–water partition coefficient (Wildman–Crippen LogP) is 4.66. The molecule has 0 aliphatic heterocycles. The van der Waals surface area contributed by atoms with Gasteiger partial charge in [-0.1, -0.05) is 38.1 Å². The highest BCUT2D eigenvalue weighted by Gasteiger charge is 2.05. The van der Waals surface area contributed by atoms with Crippen molar-refractivity contribution in [3.8, 4) is 0 Å². The van der Waals surface area contributed by atoms with Gasteiger partial charge in [0.1, 0.15) is 5.00 Å². The van der Waals surface area contributed by atoms with Crippen molar-refractivity contribution >= 4 is 59.8 Å². The highest BCUT2D eigenvalue weighted by atomic mass is 79.9. The smallest absolute Gasteiger partial charge is 0.221 e. The van der Waals surface area contributed by atoms with E-state index in [-0.39, 0.29) is 5.91 Å². The number of carbonyl (C=O) groups excluding carboxylic acids is 1. The van der Waals surface area contributed by atoms with Gasteiger partial charge in [0, 0.05) is 16.3 Å². The van der Waals surface area contributed by atoms with Gasteiger partial charge in [-0.15, -0.1) is 0 Å². The number of nitrogens with one attached hydrogen (secondary N) is 1. The zero-order chi connectivity index (χ0) is 13.0. The first-order chi connectivity index (χ1) is 8.63. The third-order valence-corrected chi connectivity index (χ3v) is 5.96. The van der Waals surface area contributed by atoms with Crippen LogP contribution in [-0.2, 0) is 4.79 Å². The Bertz CT molecular complexity index is 541. The Morgan fingerprint density at radius 2 is 2.06 bits per heavy atom. The van der Waals surface area contributed by atoms with E-state index in [1.54, 1.807) is 27.8 Å². The van der Waals surface area contributed by atoms with E-state index in [0.29, 0.717) is 0 Å². The van der Waals surface area contributed by atoms with E-state index >= 15 is 0 Å². The van der Waals surface area contributed by atoms with Gasteiger partial charge in [0.2, 0.25) is 5.91 Å². The number of nitrogens with zero attached hydrogens (tertiary/aromatic N) is 1. The molecule has 0 fully saturated rings. The second-order valence-corrected chi connectivity index (χ2v) is 7.69. The van der Waals surface area contributed by atoms with Gasteiger partial charge in [0.15, 0.2) is 4.34 Å². The lowest BCUT2D eigenvalue weighted by molar-refractivity contribution is -0.114. The summed E-state index contributed by atoms with van der Waals surface area (Å²) in [6.45, 7) is 1.49. The van der Waals surface area contributed by atoms with Crippen molar-refractivity contribution in [1.82, 2.24) is 4.98 Å². The Morgan fingerprint density at radius 1 is 1.33 bits per heavy atom. The lowest BCUT2D eigenvalue weighted by Crippen LogP contribution is -2.03. The number of carbonyl (C=O) groups is 1. The molecule has 0 radical (unpaired) electrons. The molecule has 1 aromatic carbocycles. The number of rotatable bonds is 4. The topological polar surface area (TPSA) is 42.0 Å². The zero-order valence-electron chi connectivity index (χ0n) is 9.34. The second kappa shape index (κ2) is 6.60. The average molecular weight is 361 g/mol. The van der Waals surface area contributed by atoms with Crippen LogP contribution >= 0.6 is 48.9 Å². The number of thiazole rings is 1. The summed E-state index contributed by atoms with van der Waals surface area (Å²) in [5.41, 5.74) is 0. The number of anilines is 1. The van der Waals surface area contributed by atoms with Gasteiger partial charge in [0.25, 0.3) is 0 Å². The molecule has 0 saturated heterocycles. The lowest BCUT2D eigenvalue weighted by atomic mass is 10.4. The summed E-state index contributed by atoms with van der Waals surface area (Å²) in [7, 11) is 3.23. The molecule has 0 aliphatic carbocycles. The van der Waals surface area contributed by atoms with Crippen molar-refractivity contribution in [2.75, 3.05) is 5.32 Å². The van der Waals surface area contributed by atoms with Gasteiger partial charge in [-0.05, 0) is 35.1 Å². The van der Waals surface area contributed by atoms with Crippen molar-refractivity contribution in [2.24, 2.45) is 0 Å². The van der Waals surface area contributed by atoms with Crippen LogP contribution in [0.4, 0.5) is 5.00 Å². The molecule has 1 amide bonds. The predicted molar refractivity (Wildman–Crippen MR) is 82.3 cm³/mol. The summed E-state index contributed by atoms with van der Waals surface area (Å²) in [6.07, 6.45) is 1.68. The number of hydrogen-bond donors (Lipinski definition) is 1. The highest BCUT2D eigenvalue weighted by Crippen LogP contribution is 2.40. The second-order valence-electron chi connectivity index (χ2n) is 3.29. The molecule has 0 bridgehead atoms. The summed E-state index contributed by atoms with van der Waals surface area (Å²) in [5, 5.41) is 3.50. The summed E-state index contributed by atoms with van der Waals surface area (Å²) in [6, 6.07) is 8.11. The van der Waals surface area contributed by atoms with Crippen LogP contribution in [0.5, 0.6) is 0 Å². The van der Waals surface area contributed by atoms with E-state index < -0.39 is 0 Å².